The molecule has 1 atom stereocenters. The average molecular weight is 294 g/mol. The zero-order chi connectivity index (χ0) is 14.9. The number of halogens is 1. The van der Waals surface area contributed by atoms with Crippen molar-refractivity contribution >= 4 is 28.6 Å². The van der Waals surface area contributed by atoms with E-state index in [-0.39, 0.29) is 18.5 Å². The number of benzene rings is 1. The third-order valence-electron chi connectivity index (χ3n) is 3.40. The number of carbonyl (C=O) groups is 2. The molecule has 6 heteroatoms. The molecule has 0 aromatic heterocycles. The van der Waals surface area contributed by atoms with Crippen LogP contribution in [-0.4, -0.2) is 46.5 Å². The Labute approximate surface area is 122 Å². The van der Waals surface area contributed by atoms with E-state index >= 15 is 0 Å². The lowest BCUT2D eigenvalue weighted by Gasteiger charge is -2.24. The minimum atomic E-state index is -0.644. The van der Waals surface area contributed by atoms with Gasteiger partial charge in [-0.25, -0.2) is 5.01 Å². The lowest BCUT2D eigenvalue weighted by Crippen LogP contribution is -2.43. The lowest BCUT2D eigenvalue weighted by molar-refractivity contribution is -0.128. The van der Waals surface area contributed by atoms with Crippen LogP contribution in [0.5, 0.6) is 0 Å². The summed E-state index contributed by atoms with van der Waals surface area (Å²) in [6.45, 7) is 3.76. The highest BCUT2D eigenvalue weighted by Gasteiger charge is 2.34. The maximum absolute atomic E-state index is 11.6. The Morgan fingerprint density at radius 1 is 1.35 bits per heavy atom. The van der Waals surface area contributed by atoms with Crippen molar-refractivity contribution in [3.8, 4) is 0 Å². The second kappa shape index (κ2) is 5.63. The van der Waals surface area contributed by atoms with Gasteiger partial charge in [-0.3, -0.25) is 9.59 Å². The van der Waals surface area contributed by atoms with E-state index in [1.165, 1.54) is 11.9 Å². The van der Waals surface area contributed by atoms with Gasteiger partial charge >= 0.3 is 5.37 Å². The minimum absolute atomic E-state index is 0.0846. The van der Waals surface area contributed by atoms with Crippen LogP contribution in [0.3, 0.4) is 0 Å². The van der Waals surface area contributed by atoms with E-state index in [0.717, 1.165) is 11.1 Å². The van der Waals surface area contributed by atoms with Crippen molar-refractivity contribution in [2.24, 2.45) is 5.10 Å². The molecular formula is C14H16ClN3O2. The first-order valence-electron chi connectivity index (χ1n) is 6.26. The van der Waals surface area contributed by atoms with E-state index in [1.807, 2.05) is 31.2 Å². The first-order valence-corrected chi connectivity index (χ1v) is 6.64. The van der Waals surface area contributed by atoms with E-state index in [1.54, 1.807) is 11.9 Å². The van der Waals surface area contributed by atoms with Crippen molar-refractivity contribution in [1.29, 1.82) is 0 Å². The van der Waals surface area contributed by atoms with Crippen LogP contribution in [0.25, 0.3) is 0 Å². The molecule has 1 aromatic rings. The fourth-order valence-corrected chi connectivity index (χ4v) is 2.21. The van der Waals surface area contributed by atoms with Gasteiger partial charge in [0.2, 0.25) is 5.91 Å². The Bertz CT molecular complexity index is 568. The van der Waals surface area contributed by atoms with Gasteiger partial charge in [0.05, 0.1) is 18.3 Å². The summed E-state index contributed by atoms with van der Waals surface area (Å²) in [5.74, 6) is -0.0846. The highest BCUT2D eigenvalue weighted by molar-refractivity contribution is 6.62. The van der Waals surface area contributed by atoms with E-state index in [9.17, 15) is 9.59 Å². The molecule has 2 rings (SSSR count). The zero-order valence-electron chi connectivity index (χ0n) is 11.6. The zero-order valence-corrected chi connectivity index (χ0v) is 12.4. The van der Waals surface area contributed by atoms with Gasteiger partial charge in [-0.1, -0.05) is 29.8 Å². The quantitative estimate of drug-likeness (QED) is 0.620. The fourth-order valence-electron chi connectivity index (χ4n) is 2.10. The highest BCUT2D eigenvalue weighted by atomic mass is 35.5. The van der Waals surface area contributed by atoms with Crippen LogP contribution in [0, 0.1) is 6.92 Å². The van der Waals surface area contributed by atoms with Crippen LogP contribution in [0.4, 0.5) is 4.79 Å². The van der Waals surface area contributed by atoms with Gasteiger partial charge in [0, 0.05) is 14.0 Å². The molecule has 0 aliphatic carbocycles. The number of hydrogen-bond donors (Lipinski definition) is 0. The maximum Gasteiger partial charge on any atom is 0.336 e. The number of hydrogen-bond acceptors (Lipinski definition) is 3. The molecule has 1 aliphatic rings. The molecule has 0 fully saturated rings. The van der Waals surface area contributed by atoms with Crippen molar-refractivity contribution in [2.45, 2.75) is 19.9 Å². The summed E-state index contributed by atoms with van der Waals surface area (Å²) in [5.41, 5.74) is 2.69. The summed E-state index contributed by atoms with van der Waals surface area (Å²) >= 11 is 5.49. The Hall–Kier alpha value is -1.88. The number of amides is 2. The van der Waals surface area contributed by atoms with Crippen molar-refractivity contribution < 1.29 is 9.59 Å². The normalized spacial score (nSPS) is 17.9. The molecule has 0 bridgehead atoms. The number of nitrogens with zero attached hydrogens (tertiary/aromatic N) is 3. The van der Waals surface area contributed by atoms with Crippen LogP contribution >= 0.6 is 11.6 Å². The number of likely N-dealkylation sites (N-methyl/N-ethyl adjacent to an activating group) is 1. The van der Waals surface area contributed by atoms with Gasteiger partial charge < -0.3 is 4.90 Å². The van der Waals surface area contributed by atoms with Crippen LogP contribution in [0.2, 0.25) is 0 Å². The first kappa shape index (κ1) is 14.5. The summed E-state index contributed by atoms with van der Waals surface area (Å²) in [6.07, 6.45) is 0. The fraction of sp³-hybridized carbons (Fsp3) is 0.357. The molecule has 106 valence electrons. The molecule has 1 aliphatic heterocycles. The molecule has 1 heterocycles. The molecule has 20 heavy (non-hydrogen) atoms. The smallest absolute Gasteiger partial charge is 0.335 e. The maximum atomic E-state index is 11.6. The second-order valence-electron chi connectivity index (χ2n) is 4.83. The molecule has 0 N–H and O–H groups in total. The van der Waals surface area contributed by atoms with Crippen LogP contribution in [0.1, 0.15) is 18.1 Å². The summed E-state index contributed by atoms with van der Waals surface area (Å²) in [4.78, 5) is 24.4. The van der Waals surface area contributed by atoms with Crippen LogP contribution in [0.15, 0.2) is 29.4 Å². The van der Waals surface area contributed by atoms with Gasteiger partial charge in [-0.2, -0.15) is 5.10 Å². The topological polar surface area (TPSA) is 53.0 Å². The second-order valence-corrected chi connectivity index (χ2v) is 5.16. The first-order chi connectivity index (χ1) is 9.40. The van der Waals surface area contributed by atoms with E-state index < -0.39 is 5.37 Å². The number of hydrazone groups is 1. The summed E-state index contributed by atoms with van der Waals surface area (Å²) in [5, 5.41) is 4.78. The average Bonchev–Trinajstić information content (AvgIpc) is 2.83. The monoisotopic (exact) mass is 293 g/mol. The number of carbonyl (C=O) groups excluding carboxylic acids is 2. The SMILES string of the molecule is CC(=O)N(C)C1CN(C(=O)Cl)N=C1c1ccc(C)cc1. The predicted octanol–water partition coefficient (Wildman–Crippen LogP) is 2.22. The van der Waals surface area contributed by atoms with Gasteiger partial charge in [0.1, 0.15) is 0 Å². The van der Waals surface area contributed by atoms with E-state index in [2.05, 4.69) is 5.10 Å². The van der Waals surface area contributed by atoms with Crippen molar-refractivity contribution in [3.63, 3.8) is 0 Å². The summed E-state index contributed by atoms with van der Waals surface area (Å²) in [7, 11) is 1.69. The number of rotatable bonds is 2. The molecule has 0 radical (unpaired) electrons. The molecule has 5 nitrogen and oxygen atoms in total. The Kier molecular flexibility index (Phi) is 4.09. The Balaban J connectivity index is 2.38. The molecule has 0 saturated heterocycles. The predicted molar refractivity (Wildman–Crippen MR) is 77.9 cm³/mol. The van der Waals surface area contributed by atoms with Gasteiger partial charge in [0.25, 0.3) is 0 Å². The van der Waals surface area contributed by atoms with Crippen LogP contribution < -0.4 is 0 Å². The van der Waals surface area contributed by atoms with Gasteiger partial charge in [-0.05, 0) is 24.1 Å². The Morgan fingerprint density at radius 3 is 2.45 bits per heavy atom. The van der Waals surface area contributed by atoms with Crippen LogP contribution in [-0.2, 0) is 4.79 Å². The molecule has 2 amide bonds. The van der Waals surface area contributed by atoms with Crippen molar-refractivity contribution in [1.82, 2.24) is 9.91 Å². The minimum Gasteiger partial charge on any atom is -0.335 e. The van der Waals surface area contributed by atoms with Gasteiger partial charge in [0.15, 0.2) is 0 Å². The van der Waals surface area contributed by atoms with Gasteiger partial charge in [-0.15, -0.1) is 0 Å². The standard InChI is InChI=1S/C14H16ClN3O2/c1-9-4-6-11(7-5-9)13-12(17(3)10(2)19)8-18(16-13)14(15)20/h4-7,12H,8H2,1-3H3. The highest BCUT2D eigenvalue weighted by Crippen LogP contribution is 2.20. The summed E-state index contributed by atoms with van der Waals surface area (Å²) < 4.78 is 0. The molecule has 0 spiro atoms. The van der Waals surface area contributed by atoms with E-state index in [0.29, 0.717) is 5.71 Å². The lowest BCUT2D eigenvalue weighted by atomic mass is 10.0. The third kappa shape index (κ3) is 2.82. The molecule has 1 aromatic carbocycles. The summed E-state index contributed by atoms with van der Waals surface area (Å²) in [6, 6.07) is 7.51. The largest absolute Gasteiger partial charge is 0.336 e. The van der Waals surface area contributed by atoms with Crippen molar-refractivity contribution in [2.75, 3.05) is 13.6 Å². The molecule has 0 saturated carbocycles. The number of aryl methyl sites for hydroxylation is 1. The van der Waals surface area contributed by atoms with E-state index in [4.69, 9.17) is 11.6 Å². The Morgan fingerprint density at radius 2 is 1.95 bits per heavy atom. The molecular weight excluding hydrogens is 278 g/mol. The van der Waals surface area contributed by atoms with Crippen molar-refractivity contribution in [3.05, 3.63) is 35.4 Å². The third-order valence-corrected chi connectivity index (χ3v) is 3.60. The molecule has 1 unspecified atom stereocenters.